The van der Waals surface area contributed by atoms with Crippen molar-refractivity contribution in [2.45, 2.75) is 74.6 Å². The molecule has 15 nitrogen and oxygen atoms in total. The van der Waals surface area contributed by atoms with E-state index >= 15 is 4.55 Å². The maximum absolute atomic E-state index is 16.0. The first kappa shape index (κ1) is 36.7. The second-order valence-corrected chi connectivity index (χ2v) is 16.9. The highest BCUT2D eigenvalue weighted by Gasteiger charge is 2.65. The largest absolute Gasteiger partial charge is 0.616 e. The Morgan fingerprint density at radius 2 is 1.84 bits per heavy atom. The van der Waals surface area contributed by atoms with Crippen LogP contribution in [0.5, 0.6) is 40.2 Å². The molecule has 10 rings (SSSR count). The fraction of sp³-hybridized carbons (Fsp3) is 0.475. The molecule has 0 amide bonds. The minimum absolute atomic E-state index is 0.0492. The van der Waals surface area contributed by atoms with Crippen LogP contribution in [-0.2, 0) is 43.9 Å². The Labute approximate surface area is 326 Å². The number of fused-ring (bicyclic) bond motifs is 9. The summed E-state index contributed by atoms with van der Waals surface area (Å²) in [5.41, 5.74) is 2.99. The van der Waals surface area contributed by atoms with Crippen molar-refractivity contribution >= 4 is 23.1 Å². The third-order valence-corrected chi connectivity index (χ3v) is 14.4. The van der Waals surface area contributed by atoms with Gasteiger partial charge in [-0.25, -0.2) is 4.79 Å². The number of phenolic OH excluding ortho intramolecular Hbond substituents is 2. The number of esters is 2. The van der Waals surface area contributed by atoms with Crippen molar-refractivity contribution in [3.63, 3.8) is 0 Å². The summed E-state index contributed by atoms with van der Waals surface area (Å²) in [6.45, 7) is 4.79. The molecule has 56 heavy (non-hydrogen) atoms. The number of nitriles is 1. The molecule has 2 saturated heterocycles. The van der Waals surface area contributed by atoms with Gasteiger partial charge < -0.3 is 43.2 Å². The molecular weight excluding hydrogens is 745 g/mol. The molecule has 2 fully saturated rings. The molecule has 294 valence electrons. The number of likely N-dealkylation sites (N-methyl/N-ethyl adjacent to an activating group) is 1. The summed E-state index contributed by atoms with van der Waals surface area (Å²) < 4.78 is 51.8. The molecule has 0 aromatic heterocycles. The van der Waals surface area contributed by atoms with E-state index < -0.39 is 58.1 Å². The summed E-state index contributed by atoms with van der Waals surface area (Å²) in [5, 5.41) is 36.2. The third kappa shape index (κ3) is 4.91. The maximum Gasteiger partial charge on any atom is 0.336 e. The van der Waals surface area contributed by atoms with Gasteiger partial charge in [-0.15, -0.1) is 0 Å². The summed E-state index contributed by atoms with van der Waals surface area (Å²) in [5.74, 6) is -0.469. The predicted molar refractivity (Wildman–Crippen MR) is 199 cm³/mol. The van der Waals surface area contributed by atoms with Gasteiger partial charge in [0.05, 0.1) is 44.0 Å². The molecule has 16 heteroatoms. The summed E-state index contributed by atoms with van der Waals surface area (Å²) >= 11 is -2.06. The Hall–Kier alpha value is -4.92. The lowest BCUT2D eigenvalue weighted by atomic mass is 9.71. The first-order valence-electron chi connectivity index (χ1n) is 18.5. The van der Waals surface area contributed by atoms with Crippen LogP contribution in [0, 0.1) is 25.2 Å². The van der Waals surface area contributed by atoms with Gasteiger partial charge in [0.1, 0.15) is 24.2 Å². The smallest absolute Gasteiger partial charge is 0.336 e. The van der Waals surface area contributed by atoms with Crippen molar-refractivity contribution < 1.29 is 52.8 Å². The molecule has 1 spiro atoms. The van der Waals surface area contributed by atoms with Crippen LogP contribution in [0.2, 0.25) is 0 Å². The lowest BCUT2D eigenvalue weighted by molar-refractivity contribution is -0.157. The first-order chi connectivity index (χ1) is 26.9. The maximum atomic E-state index is 16.0. The van der Waals surface area contributed by atoms with Gasteiger partial charge in [-0.05, 0) is 79.3 Å². The highest BCUT2D eigenvalue weighted by atomic mass is 32.2. The van der Waals surface area contributed by atoms with Crippen LogP contribution in [0.25, 0.3) is 0 Å². The van der Waals surface area contributed by atoms with Crippen LogP contribution in [0.4, 0.5) is 0 Å². The van der Waals surface area contributed by atoms with Crippen LogP contribution >= 0.6 is 0 Å². The molecule has 3 N–H and O–H groups in total. The second-order valence-electron chi connectivity index (χ2n) is 15.3. The molecule has 0 radical (unpaired) electrons. The van der Waals surface area contributed by atoms with Crippen molar-refractivity contribution in [1.82, 2.24) is 15.1 Å². The number of benzene rings is 3. The molecule has 7 aliphatic rings. The van der Waals surface area contributed by atoms with E-state index in [9.17, 15) is 25.1 Å². The fourth-order valence-electron chi connectivity index (χ4n) is 10.4. The molecule has 7 aliphatic heterocycles. The van der Waals surface area contributed by atoms with Gasteiger partial charge in [-0.3, -0.25) is 19.9 Å². The Morgan fingerprint density at radius 3 is 2.55 bits per heavy atom. The van der Waals surface area contributed by atoms with Crippen molar-refractivity contribution in [2.75, 3.05) is 47.0 Å². The Morgan fingerprint density at radius 1 is 1.07 bits per heavy atom. The lowest BCUT2D eigenvalue weighted by Crippen LogP contribution is -2.71. The molecule has 4 unspecified atom stereocenters. The number of nitrogens with one attached hydrogen (secondary N) is 1. The zero-order chi connectivity index (χ0) is 39.5. The number of rotatable bonds is 3. The molecule has 8 atom stereocenters. The van der Waals surface area contributed by atoms with Crippen LogP contribution < -0.4 is 29.0 Å². The Kier molecular flexibility index (Phi) is 8.56. The molecule has 7 heterocycles. The second kappa shape index (κ2) is 13.1. The van der Waals surface area contributed by atoms with Crippen molar-refractivity contribution in [3.05, 3.63) is 62.7 Å². The SMILES string of the molecule is COc1cc2c(cc1O)CCN[C@]21C[S+]([O-])[C@@H]2c3c(OC(C)=O)c(C)c4c(c3[C@H](COC1=O)N1C2C2c3c(cc(C)c(OC)c3O)CC([C@@H]1C#N)N2C)OCO4. The normalized spacial score (nSPS) is 30.0. The van der Waals surface area contributed by atoms with Gasteiger partial charge in [0.25, 0.3) is 0 Å². The summed E-state index contributed by atoms with van der Waals surface area (Å²) in [4.78, 5) is 31.8. The van der Waals surface area contributed by atoms with Gasteiger partial charge in [-0.1, -0.05) is 6.07 Å². The van der Waals surface area contributed by atoms with Gasteiger partial charge >= 0.3 is 11.9 Å². The number of ether oxygens (including phenoxy) is 6. The Bertz CT molecular complexity index is 2260. The molecule has 3 aromatic carbocycles. The van der Waals surface area contributed by atoms with Gasteiger partial charge in [0.15, 0.2) is 45.3 Å². The summed E-state index contributed by atoms with van der Waals surface area (Å²) in [7, 11) is 4.81. The predicted octanol–water partition coefficient (Wildman–Crippen LogP) is 3.00. The fourth-order valence-corrected chi connectivity index (χ4v) is 12.5. The minimum Gasteiger partial charge on any atom is -0.616 e. The zero-order valence-electron chi connectivity index (χ0n) is 31.8. The third-order valence-electron chi connectivity index (χ3n) is 12.6. The van der Waals surface area contributed by atoms with Crippen molar-refractivity contribution in [3.8, 4) is 46.3 Å². The topological polar surface area (TPSA) is 195 Å². The van der Waals surface area contributed by atoms with Crippen LogP contribution in [0.1, 0.15) is 68.8 Å². The molecule has 4 bridgehead atoms. The van der Waals surface area contributed by atoms with E-state index in [1.807, 2.05) is 24.9 Å². The number of piperazine rings is 1. The van der Waals surface area contributed by atoms with E-state index in [0.29, 0.717) is 70.0 Å². The van der Waals surface area contributed by atoms with Crippen LogP contribution in [-0.4, -0.2) is 102 Å². The monoisotopic (exact) mass is 786 g/mol. The lowest BCUT2D eigenvalue weighted by Gasteiger charge is -2.61. The number of aromatic hydroxyl groups is 2. The van der Waals surface area contributed by atoms with E-state index in [-0.39, 0.29) is 48.2 Å². The summed E-state index contributed by atoms with van der Waals surface area (Å²) in [6, 6.07) is 4.10. The number of nitrogens with zero attached hydrogens (tertiary/aromatic N) is 3. The summed E-state index contributed by atoms with van der Waals surface area (Å²) in [6.07, 6.45) is 0.882. The van der Waals surface area contributed by atoms with Gasteiger partial charge in [-0.2, -0.15) is 5.26 Å². The molecular formula is C40H42N4O11S. The quantitative estimate of drug-likeness (QED) is 0.199. The van der Waals surface area contributed by atoms with E-state index in [1.54, 1.807) is 19.1 Å². The van der Waals surface area contributed by atoms with Crippen molar-refractivity contribution in [2.24, 2.45) is 0 Å². The van der Waals surface area contributed by atoms with Gasteiger partial charge in [0.2, 0.25) is 6.79 Å². The standard InChI is InChI=1S/C40H42N4O11S/c1-17-9-21-10-23-24(13-41)44-25-14-52-39(48)40(22-12-27(50-5)26(46)11-20(22)7-8-42-40)15-56(49)38(32(44)31(43(23)4)28(21)33(47)34(17)51-6)30-29(25)37-36(53-16-54-37)18(2)35(30)55-19(3)45/h9,11-12,23-25,31-32,38,42,46-47H,7-8,10,14-16H2,1-6H3/t23?,24-,25-,31?,32?,38+,40+,56?/m0/s1. The number of methoxy groups -OCH3 is 2. The number of carbonyl (C=O) groups excluding carboxylic acids is 2. The van der Waals surface area contributed by atoms with Crippen LogP contribution in [0.3, 0.4) is 0 Å². The number of phenols is 2. The molecule has 0 aliphatic carbocycles. The molecule has 0 saturated carbocycles. The van der Waals surface area contributed by atoms with Gasteiger partial charge in [0, 0.05) is 36.2 Å². The minimum atomic E-state index is -2.06. The molecule has 3 aromatic rings. The van der Waals surface area contributed by atoms with E-state index in [0.717, 1.165) is 11.1 Å². The average molecular weight is 787 g/mol. The number of hydrogen-bond donors (Lipinski definition) is 3. The highest BCUT2D eigenvalue weighted by molar-refractivity contribution is 7.91. The average Bonchev–Trinajstić information content (AvgIpc) is 3.65. The zero-order valence-corrected chi connectivity index (χ0v) is 32.6. The number of aryl methyl sites for hydroxylation is 1. The van der Waals surface area contributed by atoms with Crippen molar-refractivity contribution in [1.29, 1.82) is 5.26 Å². The van der Waals surface area contributed by atoms with E-state index in [2.05, 4.69) is 16.3 Å². The number of hydrogen-bond acceptors (Lipinski definition) is 15. The Balaban J connectivity index is 1.36. The first-order valence-corrected chi connectivity index (χ1v) is 19.9. The van der Waals surface area contributed by atoms with E-state index in [4.69, 9.17) is 28.4 Å². The van der Waals surface area contributed by atoms with Crippen LogP contribution in [0.15, 0.2) is 18.2 Å². The number of carbonyl (C=O) groups is 2. The van der Waals surface area contributed by atoms with E-state index in [1.165, 1.54) is 21.1 Å². The highest BCUT2D eigenvalue weighted by Crippen LogP contribution is 2.63.